The van der Waals surface area contributed by atoms with Gasteiger partial charge in [0.05, 0.1) is 12.5 Å². The highest BCUT2D eigenvalue weighted by Gasteiger charge is 2.47. The molecule has 1 saturated heterocycles. The molecule has 4 nitrogen and oxygen atoms in total. The van der Waals surface area contributed by atoms with E-state index in [0.717, 1.165) is 50.0 Å². The van der Waals surface area contributed by atoms with Crippen LogP contribution in [-0.2, 0) is 10.2 Å². The van der Waals surface area contributed by atoms with E-state index in [4.69, 9.17) is 10.5 Å². The molecule has 1 amide bonds. The van der Waals surface area contributed by atoms with Crippen LogP contribution in [0.15, 0.2) is 24.3 Å². The Balaban J connectivity index is 0.00000208. The summed E-state index contributed by atoms with van der Waals surface area (Å²) in [5.74, 6) is 1.57. The number of methoxy groups -OCH3 is 1. The molecule has 2 unspecified atom stereocenters. The molecule has 3 rings (SSSR count). The maximum Gasteiger partial charge on any atom is 0.233 e. The van der Waals surface area contributed by atoms with Gasteiger partial charge in [-0.15, -0.1) is 12.4 Å². The first-order chi connectivity index (χ1) is 11.1. The molecular formula is C19H29ClN2O2. The summed E-state index contributed by atoms with van der Waals surface area (Å²) in [6.45, 7) is 3.63. The van der Waals surface area contributed by atoms with Crippen LogP contribution in [0.2, 0.25) is 0 Å². The van der Waals surface area contributed by atoms with Crippen LogP contribution >= 0.6 is 12.4 Å². The van der Waals surface area contributed by atoms with Crippen molar-refractivity contribution in [3.05, 3.63) is 29.8 Å². The van der Waals surface area contributed by atoms with Gasteiger partial charge in [-0.25, -0.2) is 0 Å². The lowest BCUT2D eigenvalue weighted by Gasteiger charge is -2.35. The van der Waals surface area contributed by atoms with Gasteiger partial charge in [0.2, 0.25) is 5.91 Å². The lowest BCUT2D eigenvalue weighted by molar-refractivity contribution is -0.138. The van der Waals surface area contributed by atoms with Crippen molar-refractivity contribution >= 4 is 18.3 Å². The van der Waals surface area contributed by atoms with Gasteiger partial charge in [-0.2, -0.15) is 0 Å². The molecule has 24 heavy (non-hydrogen) atoms. The summed E-state index contributed by atoms with van der Waals surface area (Å²) in [6.07, 6.45) is 5.14. The monoisotopic (exact) mass is 352 g/mol. The summed E-state index contributed by atoms with van der Waals surface area (Å²) in [4.78, 5) is 15.6. The number of rotatable bonds is 4. The number of ether oxygens (including phenoxy) is 1. The van der Waals surface area contributed by atoms with Crippen molar-refractivity contribution < 1.29 is 9.53 Å². The Bertz CT molecular complexity index is 572. The fraction of sp³-hybridized carbons (Fsp3) is 0.632. The molecule has 0 bridgehead atoms. The van der Waals surface area contributed by atoms with Gasteiger partial charge < -0.3 is 15.4 Å². The number of halogens is 1. The normalized spacial score (nSPS) is 25.4. The molecule has 2 N–H and O–H groups in total. The molecule has 1 aliphatic heterocycles. The summed E-state index contributed by atoms with van der Waals surface area (Å²) in [5, 5.41) is 0. The second-order valence-corrected chi connectivity index (χ2v) is 7.17. The highest BCUT2D eigenvalue weighted by atomic mass is 35.5. The molecule has 2 fully saturated rings. The zero-order valence-electron chi connectivity index (χ0n) is 14.7. The molecule has 1 aliphatic carbocycles. The number of carbonyl (C=O) groups excluding carboxylic acids is 1. The Morgan fingerprint density at radius 1 is 1.38 bits per heavy atom. The zero-order valence-corrected chi connectivity index (χ0v) is 15.5. The second-order valence-electron chi connectivity index (χ2n) is 7.17. The number of benzene rings is 1. The molecule has 1 heterocycles. The average Bonchev–Trinajstić information content (AvgIpc) is 3.21. The Hall–Kier alpha value is -1.26. The molecule has 0 radical (unpaired) electrons. The van der Waals surface area contributed by atoms with E-state index in [-0.39, 0.29) is 17.8 Å². The van der Waals surface area contributed by atoms with Crippen LogP contribution in [0.1, 0.15) is 44.6 Å². The van der Waals surface area contributed by atoms with Crippen molar-refractivity contribution in [1.29, 1.82) is 0 Å². The van der Waals surface area contributed by atoms with E-state index < -0.39 is 0 Å². The van der Waals surface area contributed by atoms with Crippen molar-refractivity contribution in [1.82, 2.24) is 4.90 Å². The molecule has 5 heteroatoms. The number of amides is 1. The van der Waals surface area contributed by atoms with E-state index in [0.29, 0.717) is 24.4 Å². The summed E-state index contributed by atoms with van der Waals surface area (Å²) in [6, 6.07) is 8.37. The Morgan fingerprint density at radius 3 is 2.67 bits per heavy atom. The fourth-order valence-corrected chi connectivity index (χ4v) is 4.40. The lowest BCUT2D eigenvalue weighted by Crippen LogP contribution is -2.47. The number of likely N-dealkylation sites (tertiary alicyclic amines) is 1. The van der Waals surface area contributed by atoms with Gasteiger partial charge >= 0.3 is 0 Å². The maximum atomic E-state index is 13.5. The predicted octanol–water partition coefficient (Wildman–Crippen LogP) is 3.12. The number of nitrogens with zero attached hydrogens (tertiary/aromatic N) is 1. The van der Waals surface area contributed by atoms with Crippen LogP contribution in [-0.4, -0.2) is 37.0 Å². The first-order valence-electron chi connectivity index (χ1n) is 8.76. The molecular weight excluding hydrogens is 324 g/mol. The van der Waals surface area contributed by atoms with Crippen LogP contribution in [0.4, 0.5) is 0 Å². The molecule has 2 aliphatic rings. The third-order valence-electron chi connectivity index (χ3n) is 5.74. The SMILES string of the molecule is COc1cccc(C2(C(=O)N3CC(CN)CC3C)CCCC2)c1.Cl. The summed E-state index contributed by atoms with van der Waals surface area (Å²) >= 11 is 0. The van der Waals surface area contributed by atoms with Gasteiger partial charge in [0.25, 0.3) is 0 Å². The quantitative estimate of drug-likeness (QED) is 0.905. The van der Waals surface area contributed by atoms with Crippen LogP contribution < -0.4 is 10.5 Å². The van der Waals surface area contributed by atoms with Crippen LogP contribution in [0.25, 0.3) is 0 Å². The third-order valence-corrected chi connectivity index (χ3v) is 5.74. The van der Waals surface area contributed by atoms with Gasteiger partial charge in [-0.05, 0) is 56.3 Å². The standard InChI is InChI=1S/C19H28N2O2.ClH/c1-14-10-15(12-20)13-21(14)18(22)19(8-3-4-9-19)16-6-5-7-17(11-16)23-2;/h5-7,11,14-15H,3-4,8-10,12-13,20H2,1-2H3;1H. The Morgan fingerprint density at radius 2 is 2.08 bits per heavy atom. The number of carbonyl (C=O) groups is 1. The van der Waals surface area contributed by atoms with Gasteiger partial charge in [0.15, 0.2) is 0 Å². The summed E-state index contributed by atoms with van der Waals surface area (Å²) in [7, 11) is 1.68. The minimum absolute atomic E-state index is 0. The van der Waals surface area contributed by atoms with Gasteiger partial charge in [-0.3, -0.25) is 4.79 Å². The average molecular weight is 353 g/mol. The lowest BCUT2D eigenvalue weighted by atomic mass is 9.77. The zero-order chi connectivity index (χ0) is 16.4. The molecule has 0 aromatic heterocycles. The second kappa shape index (κ2) is 7.75. The van der Waals surface area contributed by atoms with Crippen LogP contribution in [0.5, 0.6) is 5.75 Å². The molecule has 134 valence electrons. The highest BCUT2D eigenvalue weighted by Crippen LogP contribution is 2.44. The van der Waals surface area contributed by atoms with Crippen molar-refractivity contribution in [2.24, 2.45) is 11.7 Å². The van der Waals surface area contributed by atoms with Gasteiger partial charge in [-0.1, -0.05) is 25.0 Å². The minimum Gasteiger partial charge on any atom is -0.497 e. The van der Waals surface area contributed by atoms with Gasteiger partial charge in [0.1, 0.15) is 5.75 Å². The topological polar surface area (TPSA) is 55.6 Å². The van der Waals surface area contributed by atoms with E-state index >= 15 is 0 Å². The highest BCUT2D eigenvalue weighted by molar-refractivity contribution is 5.89. The smallest absolute Gasteiger partial charge is 0.233 e. The van der Waals surface area contributed by atoms with E-state index in [9.17, 15) is 4.79 Å². The Kier molecular flexibility index (Phi) is 6.16. The van der Waals surface area contributed by atoms with Crippen molar-refractivity contribution in [3.63, 3.8) is 0 Å². The number of hydrogen-bond donors (Lipinski definition) is 1. The predicted molar refractivity (Wildman–Crippen MR) is 98.7 cm³/mol. The molecule has 1 aromatic rings. The van der Waals surface area contributed by atoms with Gasteiger partial charge in [0, 0.05) is 12.6 Å². The maximum absolute atomic E-state index is 13.5. The fourth-order valence-electron chi connectivity index (χ4n) is 4.40. The van der Waals surface area contributed by atoms with Crippen molar-refractivity contribution in [2.45, 2.75) is 50.5 Å². The first kappa shape index (κ1) is 19.1. The molecule has 1 saturated carbocycles. The van der Waals surface area contributed by atoms with Crippen LogP contribution in [0.3, 0.4) is 0 Å². The third kappa shape index (κ3) is 3.27. The molecule has 1 aromatic carbocycles. The van der Waals surface area contributed by atoms with Crippen molar-refractivity contribution in [2.75, 3.05) is 20.2 Å². The van der Waals surface area contributed by atoms with Crippen molar-refractivity contribution in [3.8, 4) is 5.75 Å². The molecule has 0 spiro atoms. The summed E-state index contributed by atoms with van der Waals surface area (Å²) in [5.41, 5.74) is 6.58. The van der Waals surface area contributed by atoms with E-state index in [2.05, 4.69) is 17.9 Å². The largest absolute Gasteiger partial charge is 0.497 e. The number of nitrogens with two attached hydrogens (primary N) is 1. The van der Waals surface area contributed by atoms with E-state index in [1.807, 2.05) is 18.2 Å². The number of hydrogen-bond acceptors (Lipinski definition) is 3. The van der Waals surface area contributed by atoms with E-state index in [1.54, 1.807) is 7.11 Å². The minimum atomic E-state index is -0.369. The van der Waals surface area contributed by atoms with E-state index in [1.165, 1.54) is 0 Å². The first-order valence-corrected chi connectivity index (χ1v) is 8.76. The van der Waals surface area contributed by atoms with Crippen LogP contribution in [0, 0.1) is 5.92 Å². The summed E-state index contributed by atoms with van der Waals surface area (Å²) < 4.78 is 5.38. The molecule has 2 atom stereocenters. The Labute approximate surface area is 151 Å².